The minimum atomic E-state index is -0.851. The highest BCUT2D eigenvalue weighted by atomic mass is 16.5. The first-order valence-electron chi connectivity index (χ1n) is 8.02. The van der Waals surface area contributed by atoms with Crippen LogP contribution in [0.5, 0.6) is 0 Å². The van der Waals surface area contributed by atoms with Crippen molar-refractivity contribution in [2.24, 2.45) is 0 Å². The summed E-state index contributed by atoms with van der Waals surface area (Å²) in [6, 6.07) is 15.5. The maximum Gasteiger partial charge on any atom is 0.407 e. The molecule has 24 heavy (non-hydrogen) atoms. The smallest absolute Gasteiger partial charge is 0.407 e. The van der Waals surface area contributed by atoms with E-state index >= 15 is 0 Å². The van der Waals surface area contributed by atoms with E-state index in [1.54, 1.807) is 0 Å². The Morgan fingerprint density at radius 1 is 1.12 bits per heavy atom. The molecule has 0 radical (unpaired) electrons. The van der Waals surface area contributed by atoms with Crippen LogP contribution in [0.25, 0.3) is 11.1 Å². The third-order valence-corrected chi connectivity index (χ3v) is 4.43. The molecular formula is C19H21NO4. The molecule has 1 amide bonds. The van der Waals surface area contributed by atoms with Crippen LogP contribution in [0, 0.1) is 0 Å². The molecule has 0 spiro atoms. The van der Waals surface area contributed by atoms with Crippen LogP contribution in [0.4, 0.5) is 4.79 Å². The molecule has 0 bridgehead atoms. The molecule has 3 rings (SSSR count). The summed E-state index contributed by atoms with van der Waals surface area (Å²) in [5.74, 6) is -0.0118. The van der Waals surface area contributed by atoms with E-state index in [-0.39, 0.29) is 19.1 Å². The molecule has 2 atom stereocenters. The van der Waals surface area contributed by atoms with Crippen LogP contribution in [-0.2, 0) is 4.74 Å². The fraction of sp³-hybridized carbons (Fsp3) is 0.316. The molecule has 126 valence electrons. The minimum absolute atomic E-state index is 0.0118. The van der Waals surface area contributed by atoms with Crippen LogP contribution in [-0.4, -0.2) is 41.7 Å². The Labute approximate surface area is 140 Å². The van der Waals surface area contributed by atoms with Gasteiger partial charge in [0.1, 0.15) is 6.61 Å². The number of aliphatic hydroxyl groups excluding tert-OH is 2. The number of nitrogens with one attached hydrogen (secondary N) is 1. The summed E-state index contributed by atoms with van der Waals surface area (Å²) in [7, 11) is 0. The monoisotopic (exact) mass is 327 g/mol. The Morgan fingerprint density at radius 2 is 1.67 bits per heavy atom. The number of carbonyl (C=O) groups excluding carboxylic acids is 1. The lowest BCUT2D eigenvalue weighted by Gasteiger charge is -2.20. The van der Waals surface area contributed by atoms with Crippen molar-refractivity contribution in [2.75, 3.05) is 13.2 Å². The zero-order chi connectivity index (χ0) is 17.1. The summed E-state index contributed by atoms with van der Waals surface area (Å²) >= 11 is 0. The Kier molecular flexibility index (Phi) is 4.83. The molecule has 1 aliphatic carbocycles. The molecule has 0 saturated carbocycles. The Balaban J connectivity index is 1.73. The van der Waals surface area contributed by atoms with Gasteiger partial charge in [-0.3, -0.25) is 0 Å². The molecular weight excluding hydrogens is 306 g/mol. The predicted molar refractivity (Wildman–Crippen MR) is 90.8 cm³/mol. The number of rotatable bonds is 5. The minimum Gasteiger partial charge on any atom is -0.449 e. The molecule has 3 N–H and O–H groups in total. The molecule has 0 saturated heterocycles. The van der Waals surface area contributed by atoms with Gasteiger partial charge < -0.3 is 20.3 Å². The lowest BCUT2D eigenvalue weighted by molar-refractivity contribution is 0.0872. The van der Waals surface area contributed by atoms with Crippen LogP contribution in [0.1, 0.15) is 24.0 Å². The van der Waals surface area contributed by atoms with Crippen LogP contribution in [0.2, 0.25) is 0 Å². The van der Waals surface area contributed by atoms with E-state index in [1.807, 2.05) is 36.4 Å². The zero-order valence-electron chi connectivity index (χ0n) is 13.5. The third kappa shape index (κ3) is 3.13. The average molecular weight is 327 g/mol. The standard InChI is InChI=1S/C19H21NO4/c1-12(22)18(10-21)20-19(23)24-11-17-15-8-4-2-6-13(15)14-7-3-5-9-16(14)17/h2-9,12,17-18,21-22H,10-11H2,1H3,(H,20,23)/t12-,18-/m0/s1. The fourth-order valence-electron chi connectivity index (χ4n) is 3.11. The molecule has 2 aromatic carbocycles. The van der Waals surface area contributed by atoms with Crippen molar-refractivity contribution in [3.8, 4) is 11.1 Å². The Hall–Kier alpha value is -2.37. The number of benzene rings is 2. The van der Waals surface area contributed by atoms with Crippen LogP contribution in [0.15, 0.2) is 48.5 Å². The molecule has 0 unspecified atom stereocenters. The zero-order valence-corrected chi connectivity index (χ0v) is 13.5. The summed E-state index contributed by atoms with van der Waals surface area (Å²) < 4.78 is 5.35. The van der Waals surface area contributed by atoms with Gasteiger partial charge in [0.05, 0.1) is 18.8 Å². The van der Waals surface area contributed by atoms with Crippen LogP contribution in [0.3, 0.4) is 0 Å². The molecule has 1 aliphatic rings. The molecule has 0 aliphatic heterocycles. The SMILES string of the molecule is C[C@H](O)[C@H](CO)NC(=O)OCC1c2ccccc2-c2ccccc21. The van der Waals surface area contributed by atoms with Gasteiger partial charge >= 0.3 is 6.09 Å². The maximum absolute atomic E-state index is 11.9. The van der Waals surface area contributed by atoms with E-state index in [0.29, 0.717) is 0 Å². The fourth-order valence-corrected chi connectivity index (χ4v) is 3.11. The number of alkyl carbamates (subject to hydrolysis) is 1. The van der Waals surface area contributed by atoms with Crippen molar-refractivity contribution in [2.45, 2.75) is 25.0 Å². The molecule has 2 aromatic rings. The number of amides is 1. The van der Waals surface area contributed by atoms with Crippen molar-refractivity contribution >= 4 is 6.09 Å². The summed E-state index contributed by atoms with van der Waals surface area (Å²) in [5.41, 5.74) is 4.61. The Bertz CT molecular complexity index is 683. The quantitative estimate of drug-likeness (QED) is 0.787. The van der Waals surface area contributed by atoms with Crippen LogP contribution >= 0.6 is 0 Å². The van der Waals surface area contributed by atoms with Crippen LogP contribution < -0.4 is 5.32 Å². The first-order valence-corrected chi connectivity index (χ1v) is 8.02. The van der Waals surface area contributed by atoms with Gasteiger partial charge in [-0.15, -0.1) is 0 Å². The van der Waals surface area contributed by atoms with Crippen molar-refractivity contribution in [3.05, 3.63) is 59.7 Å². The van der Waals surface area contributed by atoms with Gasteiger partial charge in [0.25, 0.3) is 0 Å². The second-order valence-corrected chi connectivity index (χ2v) is 6.00. The van der Waals surface area contributed by atoms with Gasteiger partial charge in [0, 0.05) is 5.92 Å². The number of ether oxygens (including phenoxy) is 1. The first-order chi connectivity index (χ1) is 11.6. The summed E-state index contributed by atoms with van der Waals surface area (Å²) in [5, 5.41) is 21.1. The molecule has 5 heteroatoms. The van der Waals surface area contributed by atoms with Gasteiger partial charge in [0.2, 0.25) is 0 Å². The number of hydrogen-bond donors (Lipinski definition) is 3. The average Bonchev–Trinajstić information content (AvgIpc) is 2.91. The van der Waals surface area contributed by atoms with Gasteiger partial charge in [-0.25, -0.2) is 4.79 Å². The van der Waals surface area contributed by atoms with Crippen molar-refractivity contribution in [1.29, 1.82) is 0 Å². The second-order valence-electron chi connectivity index (χ2n) is 6.00. The van der Waals surface area contributed by atoms with E-state index in [2.05, 4.69) is 17.4 Å². The second kappa shape index (κ2) is 7.03. The highest BCUT2D eigenvalue weighted by Gasteiger charge is 2.29. The third-order valence-electron chi connectivity index (χ3n) is 4.43. The van der Waals surface area contributed by atoms with E-state index < -0.39 is 18.2 Å². The van der Waals surface area contributed by atoms with Crippen molar-refractivity contribution < 1.29 is 19.7 Å². The van der Waals surface area contributed by atoms with Gasteiger partial charge in [0.15, 0.2) is 0 Å². The van der Waals surface area contributed by atoms with E-state index in [9.17, 15) is 9.90 Å². The van der Waals surface area contributed by atoms with Gasteiger partial charge in [-0.05, 0) is 29.2 Å². The topological polar surface area (TPSA) is 78.8 Å². The lowest BCUT2D eigenvalue weighted by Crippen LogP contribution is -2.45. The largest absolute Gasteiger partial charge is 0.449 e. The highest BCUT2D eigenvalue weighted by Crippen LogP contribution is 2.44. The van der Waals surface area contributed by atoms with E-state index in [1.165, 1.54) is 18.1 Å². The number of fused-ring (bicyclic) bond motifs is 3. The predicted octanol–water partition coefficient (Wildman–Crippen LogP) is 2.27. The molecule has 5 nitrogen and oxygen atoms in total. The molecule has 0 heterocycles. The summed E-state index contributed by atoms with van der Waals surface area (Å²) in [6.45, 7) is 1.37. The number of hydrogen-bond acceptors (Lipinski definition) is 4. The van der Waals surface area contributed by atoms with E-state index in [0.717, 1.165) is 11.1 Å². The number of carbonyl (C=O) groups is 1. The van der Waals surface area contributed by atoms with Gasteiger partial charge in [-0.2, -0.15) is 0 Å². The molecule has 0 fully saturated rings. The molecule has 0 aromatic heterocycles. The van der Waals surface area contributed by atoms with E-state index in [4.69, 9.17) is 9.84 Å². The number of aliphatic hydroxyl groups is 2. The Morgan fingerprint density at radius 3 is 2.17 bits per heavy atom. The lowest BCUT2D eigenvalue weighted by atomic mass is 9.98. The normalized spacial score (nSPS) is 15.3. The maximum atomic E-state index is 11.9. The highest BCUT2D eigenvalue weighted by molar-refractivity contribution is 5.79. The van der Waals surface area contributed by atoms with Gasteiger partial charge in [-0.1, -0.05) is 48.5 Å². The first kappa shape index (κ1) is 16.5. The van der Waals surface area contributed by atoms with Crippen molar-refractivity contribution in [3.63, 3.8) is 0 Å². The summed E-state index contributed by atoms with van der Waals surface area (Å²) in [6.07, 6.45) is -1.49. The van der Waals surface area contributed by atoms with Crippen molar-refractivity contribution in [1.82, 2.24) is 5.32 Å². The summed E-state index contributed by atoms with van der Waals surface area (Å²) in [4.78, 5) is 11.9.